The van der Waals surface area contributed by atoms with Gasteiger partial charge in [-0.25, -0.2) is 4.79 Å². The number of hydrogen-bond acceptors (Lipinski definition) is 7. The Kier molecular flexibility index (Phi) is 5.74. The minimum absolute atomic E-state index is 0.0914. The lowest BCUT2D eigenvalue weighted by molar-refractivity contribution is -0.163. The Bertz CT molecular complexity index is 507. The average Bonchev–Trinajstić information content (AvgIpc) is 2.54. The molecule has 1 fully saturated rings. The molecule has 1 saturated heterocycles. The second-order valence-electron chi connectivity index (χ2n) is 4.91. The Morgan fingerprint density at radius 1 is 1.18 bits per heavy atom. The number of methoxy groups -OCH3 is 1. The topological polar surface area (TPSA) is 97.1 Å². The van der Waals surface area contributed by atoms with Crippen LogP contribution in [0.5, 0.6) is 0 Å². The van der Waals surface area contributed by atoms with E-state index in [2.05, 4.69) is 4.74 Å². The molecule has 0 aromatic heterocycles. The molecule has 0 aliphatic carbocycles. The van der Waals surface area contributed by atoms with Gasteiger partial charge in [-0.2, -0.15) is 0 Å². The summed E-state index contributed by atoms with van der Waals surface area (Å²) in [6.45, 7) is 0.615. The van der Waals surface area contributed by atoms with Gasteiger partial charge in [0.05, 0.1) is 38.4 Å². The van der Waals surface area contributed by atoms with E-state index in [1.165, 1.54) is 7.11 Å². The maximum absolute atomic E-state index is 11.8. The number of ether oxygens (including phenoxy) is 4. The smallest absolute Gasteiger partial charge is 0.338 e. The van der Waals surface area contributed by atoms with Gasteiger partial charge in [0.2, 0.25) is 0 Å². The van der Waals surface area contributed by atoms with E-state index in [-0.39, 0.29) is 44.4 Å². The summed E-state index contributed by atoms with van der Waals surface area (Å²) < 4.78 is 20.7. The van der Waals surface area contributed by atoms with Gasteiger partial charge in [-0.15, -0.1) is 0 Å². The highest BCUT2D eigenvalue weighted by Gasteiger charge is 2.25. The first-order valence-corrected chi connectivity index (χ1v) is 6.91. The van der Waals surface area contributed by atoms with E-state index >= 15 is 0 Å². The van der Waals surface area contributed by atoms with Gasteiger partial charge in [-0.1, -0.05) is 0 Å². The van der Waals surface area contributed by atoms with Gasteiger partial charge in [0.15, 0.2) is 0 Å². The molecular weight excluding hydrogens is 290 g/mol. The van der Waals surface area contributed by atoms with Gasteiger partial charge in [-0.05, 0) is 24.3 Å². The monoisotopic (exact) mass is 309 g/mol. The molecule has 2 rings (SSSR count). The van der Waals surface area contributed by atoms with Crippen LogP contribution in [0.15, 0.2) is 24.3 Å². The van der Waals surface area contributed by atoms with Crippen LogP contribution in [0.1, 0.15) is 16.8 Å². The van der Waals surface area contributed by atoms with Crippen molar-refractivity contribution >= 4 is 17.6 Å². The minimum Gasteiger partial charge on any atom is -0.469 e. The third-order valence-electron chi connectivity index (χ3n) is 3.20. The molecule has 120 valence electrons. The number of anilines is 1. The van der Waals surface area contributed by atoms with E-state index in [1.54, 1.807) is 24.3 Å². The Hall–Kier alpha value is -2.12. The molecule has 0 bridgehead atoms. The summed E-state index contributed by atoms with van der Waals surface area (Å²) in [6.07, 6.45) is -0.517. The highest BCUT2D eigenvalue weighted by atomic mass is 16.6. The van der Waals surface area contributed by atoms with Crippen LogP contribution in [0.4, 0.5) is 5.69 Å². The first kappa shape index (κ1) is 16.3. The zero-order chi connectivity index (χ0) is 15.9. The second kappa shape index (κ2) is 7.77. The molecule has 0 spiro atoms. The van der Waals surface area contributed by atoms with Crippen molar-refractivity contribution in [3.8, 4) is 0 Å². The van der Waals surface area contributed by atoms with E-state index in [0.717, 1.165) is 0 Å². The highest BCUT2D eigenvalue weighted by Crippen LogP contribution is 2.12. The van der Waals surface area contributed by atoms with E-state index in [9.17, 15) is 9.59 Å². The fraction of sp³-hybridized carbons (Fsp3) is 0.467. The number of nitrogen functional groups attached to an aromatic ring is 1. The van der Waals surface area contributed by atoms with Crippen LogP contribution in [-0.4, -0.2) is 51.1 Å². The molecule has 0 saturated carbocycles. The third-order valence-corrected chi connectivity index (χ3v) is 3.20. The number of carbonyl (C=O) groups excluding carboxylic acids is 2. The van der Waals surface area contributed by atoms with Crippen molar-refractivity contribution in [1.29, 1.82) is 0 Å². The van der Waals surface area contributed by atoms with Gasteiger partial charge in [0.1, 0.15) is 12.7 Å². The molecule has 7 nitrogen and oxygen atoms in total. The number of nitrogens with two attached hydrogens (primary N) is 1. The summed E-state index contributed by atoms with van der Waals surface area (Å²) in [5.74, 6) is -0.790. The maximum atomic E-state index is 11.8. The molecule has 22 heavy (non-hydrogen) atoms. The summed E-state index contributed by atoms with van der Waals surface area (Å²) in [5, 5.41) is 0. The van der Waals surface area contributed by atoms with Gasteiger partial charge in [0, 0.05) is 5.69 Å². The van der Waals surface area contributed by atoms with Crippen molar-refractivity contribution in [2.45, 2.75) is 18.6 Å². The molecule has 2 N–H and O–H groups in total. The van der Waals surface area contributed by atoms with Crippen LogP contribution in [0, 0.1) is 0 Å². The van der Waals surface area contributed by atoms with E-state index in [4.69, 9.17) is 19.9 Å². The number of hydrogen-bond donors (Lipinski definition) is 1. The number of esters is 2. The fourth-order valence-corrected chi connectivity index (χ4v) is 1.94. The predicted octanol–water partition coefficient (Wildman–Crippen LogP) is 0.773. The average molecular weight is 309 g/mol. The Morgan fingerprint density at radius 3 is 2.41 bits per heavy atom. The summed E-state index contributed by atoms with van der Waals surface area (Å²) in [4.78, 5) is 22.9. The quantitative estimate of drug-likeness (QED) is 0.634. The van der Waals surface area contributed by atoms with Crippen molar-refractivity contribution in [1.82, 2.24) is 0 Å². The Labute approximate surface area is 128 Å². The fourth-order valence-electron chi connectivity index (χ4n) is 1.94. The molecule has 1 aliphatic heterocycles. The molecule has 2 unspecified atom stereocenters. The molecule has 7 heteroatoms. The normalized spacial score (nSPS) is 21.1. The lowest BCUT2D eigenvalue weighted by atomic mass is 10.2. The summed E-state index contributed by atoms with van der Waals surface area (Å²) in [5.41, 5.74) is 6.56. The number of carbonyl (C=O) groups is 2. The summed E-state index contributed by atoms with van der Waals surface area (Å²) in [6, 6.07) is 6.47. The van der Waals surface area contributed by atoms with Crippen LogP contribution in [-0.2, 0) is 23.7 Å². The van der Waals surface area contributed by atoms with E-state index in [1.807, 2.05) is 0 Å². The molecular formula is C15H19NO6. The first-order chi connectivity index (χ1) is 10.6. The Morgan fingerprint density at radius 2 is 1.82 bits per heavy atom. The zero-order valence-corrected chi connectivity index (χ0v) is 12.3. The van der Waals surface area contributed by atoms with Gasteiger partial charge in [-0.3, -0.25) is 4.79 Å². The Balaban J connectivity index is 1.71. The van der Waals surface area contributed by atoms with Crippen LogP contribution in [0.25, 0.3) is 0 Å². The van der Waals surface area contributed by atoms with Gasteiger partial charge in [0.25, 0.3) is 0 Å². The predicted molar refractivity (Wildman–Crippen MR) is 77.2 cm³/mol. The van der Waals surface area contributed by atoms with Crippen molar-refractivity contribution in [2.75, 3.05) is 32.7 Å². The molecule has 0 radical (unpaired) electrons. The van der Waals surface area contributed by atoms with Crippen LogP contribution in [0.2, 0.25) is 0 Å². The van der Waals surface area contributed by atoms with E-state index in [0.29, 0.717) is 11.3 Å². The van der Waals surface area contributed by atoms with Crippen molar-refractivity contribution in [3.05, 3.63) is 29.8 Å². The second-order valence-corrected chi connectivity index (χ2v) is 4.91. The van der Waals surface area contributed by atoms with Crippen LogP contribution < -0.4 is 5.73 Å². The first-order valence-electron chi connectivity index (χ1n) is 6.91. The molecule has 1 aromatic rings. The third kappa shape index (κ3) is 4.71. The largest absolute Gasteiger partial charge is 0.469 e. The SMILES string of the molecule is COC(=O)CC1COC(COC(=O)c2ccc(N)cc2)CO1. The highest BCUT2D eigenvalue weighted by molar-refractivity contribution is 5.89. The molecule has 1 aliphatic rings. The minimum atomic E-state index is -0.444. The van der Waals surface area contributed by atoms with Crippen molar-refractivity contribution < 1.29 is 28.5 Å². The van der Waals surface area contributed by atoms with Crippen LogP contribution >= 0.6 is 0 Å². The van der Waals surface area contributed by atoms with Gasteiger partial charge < -0.3 is 24.7 Å². The lowest BCUT2D eigenvalue weighted by Gasteiger charge is -2.28. The van der Waals surface area contributed by atoms with Crippen LogP contribution in [0.3, 0.4) is 0 Å². The van der Waals surface area contributed by atoms with Crippen molar-refractivity contribution in [2.24, 2.45) is 0 Å². The lowest BCUT2D eigenvalue weighted by Crippen LogP contribution is -2.39. The molecule has 1 heterocycles. The molecule has 2 atom stereocenters. The van der Waals surface area contributed by atoms with E-state index < -0.39 is 5.97 Å². The number of rotatable bonds is 5. The van der Waals surface area contributed by atoms with Gasteiger partial charge >= 0.3 is 11.9 Å². The standard InChI is InChI=1S/C15H19NO6/c1-19-14(17)6-12-7-21-13(8-20-12)9-22-15(18)10-2-4-11(16)5-3-10/h2-5,12-13H,6-9,16H2,1H3. The molecule has 0 amide bonds. The molecule has 1 aromatic carbocycles. The van der Waals surface area contributed by atoms with Crippen molar-refractivity contribution in [3.63, 3.8) is 0 Å². The zero-order valence-electron chi connectivity index (χ0n) is 12.3. The number of benzene rings is 1. The maximum Gasteiger partial charge on any atom is 0.338 e. The summed E-state index contributed by atoms with van der Waals surface area (Å²) in [7, 11) is 1.32. The summed E-state index contributed by atoms with van der Waals surface area (Å²) >= 11 is 0.